The Morgan fingerprint density at radius 1 is 0.971 bits per heavy atom. The first-order valence-corrected chi connectivity index (χ1v) is 11.6. The van der Waals surface area contributed by atoms with E-state index in [4.69, 9.17) is 9.15 Å². The van der Waals surface area contributed by atoms with Gasteiger partial charge in [-0.2, -0.15) is 0 Å². The zero-order valence-electron chi connectivity index (χ0n) is 19.7. The molecule has 0 unspecified atom stereocenters. The van der Waals surface area contributed by atoms with Gasteiger partial charge in [-0.05, 0) is 35.1 Å². The molecule has 1 aromatic heterocycles. The van der Waals surface area contributed by atoms with Crippen molar-refractivity contribution in [3.63, 3.8) is 0 Å². The fourth-order valence-corrected chi connectivity index (χ4v) is 4.54. The zero-order chi connectivity index (χ0) is 25.0. The first-order chi connectivity index (χ1) is 16.9. The highest BCUT2D eigenvalue weighted by molar-refractivity contribution is 6.00. The molecule has 0 atom stereocenters. The number of benzene rings is 2. The van der Waals surface area contributed by atoms with E-state index in [2.05, 4.69) is 22.8 Å². The number of carboxylic acid groups (broad SMARTS) is 1. The fourth-order valence-electron chi connectivity index (χ4n) is 4.54. The van der Waals surface area contributed by atoms with E-state index in [1.807, 2.05) is 36.4 Å². The Morgan fingerprint density at radius 2 is 1.57 bits per heavy atom. The predicted octanol–water partition coefficient (Wildman–Crippen LogP) is 5.26. The van der Waals surface area contributed by atoms with Gasteiger partial charge in [-0.1, -0.05) is 62.4 Å². The van der Waals surface area contributed by atoms with Crippen molar-refractivity contribution in [1.82, 2.24) is 5.32 Å². The van der Waals surface area contributed by atoms with Crippen LogP contribution in [0.5, 0.6) is 0 Å². The quantitative estimate of drug-likeness (QED) is 0.388. The van der Waals surface area contributed by atoms with Crippen LogP contribution in [-0.4, -0.2) is 36.2 Å². The second kappa shape index (κ2) is 10.0. The van der Waals surface area contributed by atoms with Gasteiger partial charge in [0.2, 0.25) is 5.76 Å². The van der Waals surface area contributed by atoms with E-state index in [9.17, 15) is 19.5 Å². The summed E-state index contributed by atoms with van der Waals surface area (Å²) >= 11 is 0. The summed E-state index contributed by atoms with van der Waals surface area (Å²) in [5.41, 5.74) is 3.53. The summed E-state index contributed by atoms with van der Waals surface area (Å²) < 4.78 is 10.8. The van der Waals surface area contributed by atoms with Gasteiger partial charge < -0.3 is 19.6 Å². The van der Waals surface area contributed by atoms with E-state index < -0.39 is 23.4 Å². The molecule has 0 radical (unpaired) electrons. The topological polar surface area (TPSA) is 118 Å². The Hall–Kier alpha value is -4.07. The Morgan fingerprint density at radius 3 is 2.14 bits per heavy atom. The number of hydrogen-bond donors (Lipinski definition) is 3. The van der Waals surface area contributed by atoms with Crippen molar-refractivity contribution in [2.45, 2.75) is 32.6 Å². The second-order valence-corrected chi connectivity index (χ2v) is 8.59. The van der Waals surface area contributed by atoms with Crippen LogP contribution < -0.4 is 10.6 Å². The molecular formula is C27H28N2O6. The van der Waals surface area contributed by atoms with Gasteiger partial charge in [0.25, 0.3) is 5.91 Å². The lowest BCUT2D eigenvalue weighted by atomic mass is 9.82. The van der Waals surface area contributed by atoms with Gasteiger partial charge in [0.05, 0.1) is 17.4 Å². The smallest absolute Gasteiger partial charge is 0.411 e. The lowest BCUT2D eigenvalue weighted by Gasteiger charge is -2.26. The largest absolute Gasteiger partial charge is 0.481 e. The third-order valence-electron chi connectivity index (χ3n) is 6.85. The molecule has 4 rings (SSSR count). The maximum atomic E-state index is 12.7. The van der Waals surface area contributed by atoms with Gasteiger partial charge in [0.1, 0.15) is 6.61 Å². The minimum Gasteiger partial charge on any atom is -0.481 e. The molecular weight excluding hydrogens is 448 g/mol. The van der Waals surface area contributed by atoms with Gasteiger partial charge in [-0.3, -0.25) is 14.9 Å². The van der Waals surface area contributed by atoms with E-state index in [1.165, 1.54) is 12.3 Å². The standard InChI is InChI=1S/C27H28N2O6/c1-3-27(4-2,25(31)32)16-28-24(30)23-22(13-14-34-23)29-26(33)35-15-21-19-11-7-5-9-17(19)18-10-6-8-12-20(18)21/h5-14,21H,3-4,15-16H2,1-2H3,(H,28,30)(H,29,33)(H,31,32). The third kappa shape index (κ3) is 4.64. The van der Waals surface area contributed by atoms with Crippen LogP contribution in [0, 0.1) is 5.41 Å². The molecule has 8 heteroatoms. The molecule has 35 heavy (non-hydrogen) atoms. The molecule has 1 heterocycles. The maximum Gasteiger partial charge on any atom is 0.411 e. The highest BCUT2D eigenvalue weighted by atomic mass is 16.5. The first-order valence-electron chi connectivity index (χ1n) is 11.6. The summed E-state index contributed by atoms with van der Waals surface area (Å²) in [5, 5.41) is 14.7. The van der Waals surface area contributed by atoms with Crippen LogP contribution in [0.15, 0.2) is 65.3 Å². The first kappa shape index (κ1) is 24.1. The van der Waals surface area contributed by atoms with E-state index in [0.717, 1.165) is 22.3 Å². The molecule has 0 bridgehead atoms. The maximum absolute atomic E-state index is 12.7. The molecule has 1 aliphatic rings. The molecule has 3 N–H and O–H groups in total. The minimum atomic E-state index is -1.07. The number of fused-ring (bicyclic) bond motifs is 3. The Balaban J connectivity index is 1.40. The third-order valence-corrected chi connectivity index (χ3v) is 6.85. The molecule has 0 fully saturated rings. The van der Waals surface area contributed by atoms with Crippen molar-refractivity contribution >= 4 is 23.7 Å². The lowest BCUT2D eigenvalue weighted by Crippen LogP contribution is -2.42. The normalized spacial score (nSPS) is 12.5. The number of ether oxygens (including phenoxy) is 1. The number of amides is 2. The molecule has 2 amide bonds. The lowest BCUT2D eigenvalue weighted by molar-refractivity contribution is -0.149. The van der Waals surface area contributed by atoms with E-state index in [0.29, 0.717) is 12.8 Å². The van der Waals surface area contributed by atoms with Crippen LogP contribution in [0.3, 0.4) is 0 Å². The average molecular weight is 477 g/mol. The van der Waals surface area contributed by atoms with Gasteiger partial charge in [0, 0.05) is 18.5 Å². The summed E-state index contributed by atoms with van der Waals surface area (Å²) in [5.74, 6) is -1.80. The average Bonchev–Trinajstić information content (AvgIpc) is 3.46. The van der Waals surface area contributed by atoms with Crippen LogP contribution in [0.1, 0.15) is 54.3 Å². The zero-order valence-corrected chi connectivity index (χ0v) is 19.7. The number of anilines is 1. The predicted molar refractivity (Wildman–Crippen MR) is 130 cm³/mol. The molecule has 0 spiro atoms. The summed E-state index contributed by atoms with van der Waals surface area (Å²) in [6.45, 7) is 3.61. The van der Waals surface area contributed by atoms with Crippen LogP contribution >= 0.6 is 0 Å². The van der Waals surface area contributed by atoms with Crippen molar-refractivity contribution in [3.05, 3.63) is 77.7 Å². The Kier molecular flexibility index (Phi) is 6.91. The molecule has 182 valence electrons. The number of carboxylic acids is 1. The molecule has 0 aliphatic heterocycles. The van der Waals surface area contributed by atoms with Gasteiger partial charge in [-0.25, -0.2) is 4.79 Å². The molecule has 8 nitrogen and oxygen atoms in total. The fraction of sp³-hybridized carbons (Fsp3) is 0.296. The van der Waals surface area contributed by atoms with E-state index in [1.54, 1.807) is 13.8 Å². The van der Waals surface area contributed by atoms with Crippen LogP contribution in [0.25, 0.3) is 11.1 Å². The van der Waals surface area contributed by atoms with Crippen molar-refractivity contribution < 1.29 is 28.6 Å². The molecule has 2 aromatic carbocycles. The van der Waals surface area contributed by atoms with Gasteiger partial charge in [0.15, 0.2) is 0 Å². The molecule has 0 saturated carbocycles. The van der Waals surface area contributed by atoms with Gasteiger partial charge in [-0.15, -0.1) is 0 Å². The number of hydrogen-bond acceptors (Lipinski definition) is 5. The number of nitrogens with one attached hydrogen (secondary N) is 2. The van der Waals surface area contributed by atoms with E-state index >= 15 is 0 Å². The summed E-state index contributed by atoms with van der Waals surface area (Å²) in [4.78, 5) is 36.9. The number of aliphatic carboxylic acids is 1. The SMILES string of the molecule is CCC(CC)(CNC(=O)c1occc1NC(=O)OCC1c2ccccc2-c2ccccc21)C(=O)O. The summed E-state index contributed by atoms with van der Waals surface area (Å²) in [7, 11) is 0. The van der Waals surface area contributed by atoms with Crippen LogP contribution in [0.4, 0.5) is 10.5 Å². The number of rotatable bonds is 9. The highest BCUT2D eigenvalue weighted by Crippen LogP contribution is 2.44. The van der Waals surface area contributed by atoms with Crippen molar-refractivity contribution in [2.24, 2.45) is 5.41 Å². The Labute approximate surface area is 203 Å². The Bertz CT molecular complexity index is 1200. The minimum absolute atomic E-state index is 0.0563. The van der Waals surface area contributed by atoms with Crippen molar-refractivity contribution in [2.75, 3.05) is 18.5 Å². The number of carbonyl (C=O) groups is 3. The van der Waals surface area contributed by atoms with Crippen LogP contribution in [0.2, 0.25) is 0 Å². The van der Waals surface area contributed by atoms with E-state index in [-0.39, 0.29) is 30.5 Å². The second-order valence-electron chi connectivity index (χ2n) is 8.59. The molecule has 0 saturated heterocycles. The van der Waals surface area contributed by atoms with Crippen LogP contribution in [-0.2, 0) is 9.53 Å². The van der Waals surface area contributed by atoms with Gasteiger partial charge >= 0.3 is 12.1 Å². The summed E-state index contributed by atoms with van der Waals surface area (Å²) in [6, 6.07) is 17.5. The number of furan rings is 1. The monoisotopic (exact) mass is 476 g/mol. The number of carbonyl (C=O) groups excluding carboxylic acids is 2. The van der Waals surface area contributed by atoms with Crippen molar-refractivity contribution in [3.8, 4) is 11.1 Å². The highest BCUT2D eigenvalue weighted by Gasteiger charge is 2.36. The summed E-state index contributed by atoms with van der Waals surface area (Å²) in [6.07, 6.45) is 1.28. The molecule has 1 aliphatic carbocycles. The molecule has 3 aromatic rings. The van der Waals surface area contributed by atoms with Crippen molar-refractivity contribution in [1.29, 1.82) is 0 Å².